The van der Waals surface area contributed by atoms with Gasteiger partial charge in [0, 0.05) is 18.0 Å². The molecule has 0 bridgehead atoms. The van der Waals surface area contributed by atoms with Crippen molar-refractivity contribution in [3.8, 4) is 17.0 Å². The Morgan fingerprint density at radius 1 is 1.50 bits per heavy atom. The van der Waals surface area contributed by atoms with Crippen molar-refractivity contribution in [3.63, 3.8) is 0 Å². The fourth-order valence-electron chi connectivity index (χ4n) is 2.25. The van der Waals surface area contributed by atoms with E-state index in [9.17, 15) is 9.59 Å². The molecule has 0 radical (unpaired) electrons. The van der Waals surface area contributed by atoms with Crippen LogP contribution in [0.2, 0.25) is 0 Å². The summed E-state index contributed by atoms with van der Waals surface area (Å²) in [6.07, 6.45) is 0. The molecule has 22 heavy (non-hydrogen) atoms. The van der Waals surface area contributed by atoms with Crippen molar-refractivity contribution in [3.05, 3.63) is 28.6 Å². The van der Waals surface area contributed by atoms with E-state index < -0.39 is 0 Å². The van der Waals surface area contributed by atoms with Crippen molar-refractivity contribution in [2.45, 2.75) is 6.92 Å². The fraction of sp³-hybridized carbons (Fsp3) is 0.267. The molecule has 6 nitrogen and oxygen atoms in total. The zero-order valence-electron chi connectivity index (χ0n) is 12.3. The monoisotopic (exact) mass is 317 g/mol. The van der Waals surface area contributed by atoms with Crippen LogP contribution in [-0.2, 0) is 9.59 Å². The zero-order chi connectivity index (χ0) is 15.7. The Labute approximate surface area is 131 Å². The van der Waals surface area contributed by atoms with E-state index in [-0.39, 0.29) is 25.0 Å². The van der Waals surface area contributed by atoms with Gasteiger partial charge in [-0.2, -0.15) is 0 Å². The topological polar surface area (TPSA) is 71.5 Å². The third-order valence-corrected chi connectivity index (χ3v) is 4.17. The molecule has 0 spiro atoms. The molecule has 1 aromatic carbocycles. The zero-order valence-corrected chi connectivity index (χ0v) is 13.1. The largest absolute Gasteiger partial charge is 0.482 e. The van der Waals surface area contributed by atoms with Gasteiger partial charge in [0.05, 0.1) is 16.4 Å². The van der Waals surface area contributed by atoms with Crippen LogP contribution in [0.25, 0.3) is 11.3 Å². The number of aromatic nitrogens is 1. The third kappa shape index (κ3) is 2.67. The Kier molecular flexibility index (Phi) is 3.81. The summed E-state index contributed by atoms with van der Waals surface area (Å²) >= 11 is 1.57. The number of carbonyl (C=O) groups excluding carboxylic acids is 2. The van der Waals surface area contributed by atoms with E-state index in [1.165, 1.54) is 4.90 Å². The maximum absolute atomic E-state index is 12.1. The van der Waals surface area contributed by atoms with Gasteiger partial charge in [-0.3, -0.25) is 14.5 Å². The average Bonchev–Trinajstić information content (AvgIpc) is 2.96. The quantitative estimate of drug-likeness (QED) is 0.933. The Hall–Kier alpha value is -2.41. The molecule has 114 valence electrons. The van der Waals surface area contributed by atoms with Crippen molar-refractivity contribution >= 4 is 28.8 Å². The number of likely N-dealkylation sites (N-methyl/N-ethyl adjacent to an activating group) is 1. The highest BCUT2D eigenvalue weighted by Gasteiger charge is 2.27. The number of benzene rings is 1. The molecular formula is C15H15N3O3S. The summed E-state index contributed by atoms with van der Waals surface area (Å²) in [6.45, 7) is 1.86. The number of ether oxygens (including phenoxy) is 1. The first-order valence-electron chi connectivity index (χ1n) is 6.79. The van der Waals surface area contributed by atoms with Crippen LogP contribution < -0.4 is 15.0 Å². The van der Waals surface area contributed by atoms with Gasteiger partial charge >= 0.3 is 0 Å². The first-order valence-corrected chi connectivity index (χ1v) is 7.66. The van der Waals surface area contributed by atoms with E-state index in [1.807, 2.05) is 30.5 Å². The lowest BCUT2D eigenvalue weighted by Crippen LogP contribution is -2.44. The van der Waals surface area contributed by atoms with Gasteiger partial charge in [-0.15, -0.1) is 11.3 Å². The van der Waals surface area contributed by atoms with Crippen LogP contribution in [0.15, 0.2) is 23.6 Å². The minimum atomic E-state index is -0.234. The number of amides is 2. The van der Waals surface area contributed by atoms with Gasteiger partial charge in [0.15, 0.2) is 6.61 Å². The number of nitrogens with zero attached hydrogens (tertiary/aromatic N) is 2. The Morgan fingerprint density at radius 3 is 3.00 bits per heavy atom. The highest BCUT2D eigenvalue weighted by Crippen LogP contribution is 2.36. The van der Waals surface area contributed by atoms with Gasteiger partial charge < -0.3 is 10.1 Å². The van der Waals surface area contributed by atoms with E-state index >= 15 is 0 Å². The molecule has 7 heteroatoms. The number of anilines is 1. The number of thiazole rings is 1. The first-order chi connectivity index (χ1) is 10.6. The van der Waals surface area contributed by atoms with E-state index in [0.29, 0.717) is 11.4 Å². The molecule has 1 aliphatic rings. The van der Waals surface area contributed by atoms with E-state index in [1.54, 1.807) is 18.4 Å². The van der Waals surface area contributed by atoms with Gasteiger partial charge in [0.2, 0.25) is 5.91 Å². The van der Waals surface area contributed by atoms with Gasteiger partial charge in [0.25, 0.3) is 5.91 Å². The Balaban J connectivity index is 2.00. The van der Waals surface area contributed by atoms with Crippen molar-refractivity contribution in [1.82, 2.24) is 10.3 Å². The standard InChI is InChI=1S/C15H15N3O3S/c1-9-17-11(8-22-9)10-3-4-13-12(5-10)18(6-14(19)16-2)15(20)7-21-13/h3-5,8H,6-7H2,1-2H3,(H,16,19). The van der Waals surface area contributed by atoms with Crippen molar-refractivity contribution < 1.29 is 14.3 Å². The van der Waals surface area contributed by atoms with Crippen LogP contribution in [0.3, 0.4) is 0 Å². The van der Waals surface area contributed by atoms with Crippen molar-refractivity contribution in [1.29, 1.82) is 0 Å². The fourth-order valence-corrected chi connectivity index (χ4v) is 2.88. The summed E-state index contributed by atoms with van der Waals surface area (Å²) < 4.78 is 5.44. The van der Waals surface area contributed by atoms with Gasteiger partial charge in [-0.25, -0.2) is 4.98 Å². The number of fused-ring (bicyclic) bond motifs is 1. The SMILES string of the molecule is CNC(=O)CN1C(=O)COc2ccc(-c3csc(C)n3)cc21. The summed E-state index contributed by atoms with van der Waals surface area (Å²) in [4.78, 5) is 29.6. The highest BCUT2D eigenvalue weighted by atomic mass is 32.1. The molecule has 2 amide bonds. The van der Waals surface area contributed by atoms with Crippen LogP contribution in [0.1, 0.15) is 5.01 Å². The normalized spacial score (nSPS) is 13.5. The molecule has 0 fully saturated rings. The van der Waals surface area contributed by atoms with E-state index in [2.05, 4.69) is 10.3 Å². The maximum atomic E-state index is 12.1. The van der Waals surface area contributed by atoms with Gasteiger partial charge in [0.1, 0.15) is 12.3 Å². The molecule has 1 aromatic heterocycles. The lowest BCUT2D eigenvalue weighted by molar-refractivity contribution is -0.125. The molecule has 2 heterocycles. The van der Waals surface area contributed by atoms with Crippen molar-refractivity contribution in [2.24, 2.45) is 0 Å². The summed E-state index contributed by atoms with van der Waals surface area (Å²) in [5, 5.41) is 5.47. The van der Waals surface area contributed by atoms with E-state index in [4.69, 9.17) is 4.74 Å². The van der Waals surface area contributed by atoms with Crippen LogP contribution in [-0.4, -0.2) is 37.0 Å². The second-order valence-electron chi connectivity index (χ2n) is 4.88. The van der Waals surface area contributed by atoms with Crippen LogP contribution in [0, 0.1) is 6.92 Å². The molecule has 0 saturated carbocycles. The summed E-state index contributed by atoms with van der Waals surface area (Å²) in [7, 11) is 1.54. The number of carbonyl (C=O) groups is 2. The van der Waals surface area contributed by atoms with Crippen molar-refractivity contribution in [2.75, 3.05) is 25.1 Å². The van der Waals surface area contributed by atoms with Crippen LogP contribution in [0.5, 0.6) is 5.75 Å². The third-order valence-electron chi connectivity index (χ3n) is 3.40. The van der Waals surface area contributed by atoms with E-state index in [0.717, 1.165) is 16.3 Å². The smallest absolute Gasteiger partial charge is 0.265 e. The number of aryl methyl sites for hydroxylation is 1. The minimum Gasteiger partial charge on any atom is -0.482 e. The predicted octanol–water partition coefficient (Wildman–Crippen LogP) is 1.59. The van der Waals surface area contributed by atoms with Crippen LogP contribution >= 0.6 is 11.3 Å². The Morgan fingerprint density at radius 2 is 2.32 bits per heavy atom. The molecule has 2 aromatic rings. The Bertz CT molecular complexity index is 741. The molecule has 0 atom stereocenters. The van der Waals surface area contributed by atoms with Crippen LogP contribution in [0.4, 0.5) is 5.69 Å². The molecule has 1 aliphatic heterocycles. The average molecular weight is 317 g/mol. The number of rotatable bonds is 3. The molecule has 3 rings (SSSR count). The molecule has 0 aliphatic carbocycles. The summed E-state index contributed by atoms with van der Waals surface area (Å²) in [5.74, 6) is 0.137. The molecule has 0 unspecified atom stereocenters. The maximum Gasteiger partial charge on any atom is 0.265 e. The lowest BCUT2D eigenvalue weighted by Gasteiger charge is -2.29. The summed E-state index contributed by atoms with van der Waals surface area (Å²) in [6, 6.07) is 5.55. The minimum absolute atomic E-state index is 0.0226. The second kappa shape index (κ2) is 5.76. The van der Waals surface area contributed by atoms with Gasteiger partial charge in [-0.05, 0) is 25.1 Å². The molecular weight excluding hydrogens is 302 g/mol. The predicted molar refractivity (Wildman–Crippen MR) is 84.2 cm³/mol. The molecule has 0 saturated heterocycles. The number of hydrogen-bond donors (Lipinski definition) is 1. The lowest BCUT2D eigenvalue weighted by atomic mass is 10.1. The first kappa shape index (κ1) is 14.5. The number of nitrogens with one attached hydrogen (secondary N) is 1. The second-order valence-corrected chi connectivity index (χ2v) is 5.94. The number of hydrogen-bond acceptors (Lipinski definition) is 5. The highest BCUT2D eigenvalue weighted by molar-refractivity contribution is 7.09. The summed E-state index contributed by atoms with van der Waals surface area (Å²) in [5.41, 5.74) is 2.34. The molecule has 1 N–H and O–H groups in total. The van der Waals surface area contributed by atoms with Gasteiger partial charge in [-0.1, -0.05) is 0 Å².